The molecule has 2 amide bonds. The standard InChI is InChI=1S/C25H31F2N5O4S/c1-14-5-4-8-32(14)24(34)19-20(37-23(31-19)22(33)29-11-25(35)12-36-13-25)17-10-28-18(9-16(17)21(26)27)30-15-6-2-3-7-15/h9-10,14-15,21,35H,2-8,11-13H2,1H3,(H,28,30)(H,29,33). The minimum absolute atomic E-state index is 0.0159. The first-order valence-corrected chi connectivity index (χ1v) is 13.5. The van der Waals surface area contributed by atoms with Gasteiger partial charge in [0.1, 0.15) is 17.1 Å². The molecule has 0 aromatic carbocycles. The van der Waals surface area contributed by atoms with Crippen LogP contribution in [0, 0.1) is 0 Å². The smallest absolute Gasteiger partial charge is 0.280 e. The topological polar surface area (TPSA) is 117 Å². The van der Waals surface area contributed by atoms with Gasteiger partial charge in [0.25, 0.3) is 18.2 Å². The van der Waals surface area contributed by atoms with E-state index in [4.69, 9.17) is 4.74 Å². The molecule has 4 heterocycles. The Morgan fingerprint density at radius 1 is 1.27 bits per heavy atom. The number of thiazole rings is 1. The number of halogens is 2. The highest BCUT2D eigenvalue weighted by molar-refractivity contribution is 7.17. The SMILES string of the molecule is CC1CCCN1C(=O)c1nc(C(=O)NCC2(O)COC2)sc1-c1cnc(NC2CCCC2)cc1C(F)F. The van der Waals surface area contributed by atoms with Gasteiger partial charge in [-0.25, -0.2) is 18.7 Å². The van der Waals surface area contributed by atoms with Crippen LogP contribution in [-0.4, -0.2) is 75.8 Å². The van der Waals surface area contributed by atoms with Crippen molar-refractivity contribution in [3.8, 4) is 10.4 Å². The highest BCUT2D eigenvalue weighted by Crippen LogP contribution is 2.39. The average Bonchev–Trinajstić information content (AvgIpc) is 3.62. The minimum atomic E-state index is -2.82. The molecule has 9 nitrogen and oxygen atoms in total. The molecule has 1 saturated carbocycles. The number of ether oxygens (including phenoxy) is 1. The first-order valence-electron chi connectivity index (χ1n) is 12.7. The number of aromatic nitrogens is 2. The predicted octanol–water partition coefficient (Wildman–Crippen LogP) is 3.61. The molecule has 0 spiro atoms. The lowest BCUT2D eigenvalue weighted by Crippen LogP contribution is -2.56. The minimum Gasteiger partial charge on any atom is -0.383 e. The van der Waals surface area contributed by atoms with E-state index in [-0.39, 0.29) is 58.5 Å². The van der Waals surface area contributed by atoms with Gasteiger partial charge < -0.3 is 25.4 Å². The second kappa shape index (κ2) is 10.6. The van der Waals surface area contributed by atoms with Gasteiger partial charge in [-0.2, -0.15) is 0 Å². The molecule has 2 aromatic rings. The summed E-state index contributed by atoms with van der Waals surface area (Å²) < 4.78 is 33.6. The third-order valence-corrected chi connectivity index (χ3v) is 8.37. The first kappa shape index (κ1) is 25.9. The number of alkyl halides is 2. The highest BCUT2D eigenvalue weighted by Gasteiger charge is 2.37. The third kappa shape index (κ3) is 5.46. The van der Waals surface area contributed by atoms with E-state index in [1.54, 1.807) is 4.90 Å². The second-order valence-electron chi connectivity index (χ2n) is 10.2. The van der Waals surface area contributed by atoms with Gasteiger partial charge in [0.15, 0.2) is 5.01 Å². The Hall–Kier alpha value is -2.70. The van der Waals surface area contributed by atoms with E-state index in [0.29, 0.717) is 12.4 Å². The Balaban J connectivity index is 1.49. The summed E-state index contributed by atoms with van der Waals surface area (Å²) in [5.74, 6) is -0.619. The van der Waals surface area contributed by atoms with Crippen molar-refractivity contribution in [3.63, 3.8) is 0 Å². The summed E-state index contributed by atoms with van der Waals surface area (Å²) in [6.07, 6.45) is 4.32. The number of carbonyl (C=O) groups is 2. The number of anilines is 1. The Kier molecular flexibility index (Phi) is 7.42. The molecule has 2 saturated heterocycles. The first-order chi connectivity index (χ1) is 17.7. The number of rotatable bonds is 8. The van der Waals surface area contributed by atoms with E-state index in [9.17, 15) is 23.5 Å². The van der Waals surface area contributed by atoms with E-state index in [0.717, 1.165) is 49.9 Å². The number of hydrogen-bond donors (Lipinski definition) is 3. The van der Waals surface area contributed by atoms with Crippen molar-refractivity contribution in [1.29, 1.82) is 0 Å². The largest absolute Gasteiger partial charge is 0.383 e. The lowest BCUT2D eigenvalue weighted by Gasteiger charge is -2.36. The van der Waals surface area contributed by atoms with E-state index < -0.39 is 23.8 Å². The predicted molar refractivity (Wildman–Crippen MR) is 134 cm³/mol. The van der Waals surface area contributed by atoms with Gasteiger partial charge in [-0.1, -0.05) is 12.8 Å². The number of carbonyl (C=O) groups excluding carboxylic acids is 2. The molecule has 200 valence electrons. The summed E-state index contributed by atoms with van der Waals surface area (Å²) >= 11 is 0.878. The molecule has 2 aliphatic heterocycles. The van der Waals surface area contributed by atoms with E-state index in [2.05, 4.69) is 20.6 Å². The zero-order chi connectivity index (χ0) is 26.2. The molecule has 0 bridgehead atoms. The molecule has 2 aromatic heterocycles. The van der Waals surface area contributed by atoms with Crippen molar-refractivity contribution in [2.24, 2.45) is 0 Å². The van der Waals surface area contributed by atoms with Gasteiger partial charge in [0, 0.05) is 36.0 Å². The van der Waals surface area contributed by atoms with Crippen LogP contribution in [0.2, 0.25) is 0 Å². The normalized spacial score (nSPS) is 21.3. The van der Waals surface area contributed by atoms with Crippen molar-refractivity contribution in [2.75, 3.05) is 31.6 Å². The molecule has 0 radical (unpaired) electrons. The summed E-state index contributed by atoms with van der Waals surface area (Å²) in [4.78, 5) is 37.0. The van der Waals surface area contributed by atoms with Gasteiger partial charge in [0.05, 0.1) is 24.6 Å². The van der Waals surface area contributed by atoms with Crippen LogP contribution in [0.3, 0.4) is 0 Å². The number of likely N-dealkylation sites (tertiary alicyclic amines) is 1. The van der Waals surface area contributed by atoms with Crippen molar-refractivity contribution >= 4 is 29.0 Å². The van der Waals surface area contributed by atoms with Crippen LogP contribution in [0.4, 0.5) is 14.6 Å². The molecular weight excluding hydrogens is 504 g/mol. The number of pyridine rings is 1. The number of nitrogens with one attached hydrogen (secondary N) is 2. The lowest BCUT2D eigenvalue weighted by atomic mass is 10.0. The summed E-state index contributed by atoms with van der Waals surface area (Å²) in [6, 6.07) is 1.52. The maximum absolute atomic E-state index is 14.3. The quantitative estimate of drug-likeness (QED) is 0.473. The number of nitrogens with zero attached hydrogens (tertiary/aromatic N) is 3. The second-order valence-corrected chi connectivity index (χ2v) is 11.2. The van der Waals surface area contributed by atoms with E-state index in [1.807, 2.05) is 6.92 Å². The fourth-order valence-electron chi connectivity index (χ4n) is 5.08. The van der Waals surface area contributed by atoms with Crippen LogP contribution in [0.1, 0.15) is 77.7 Å². The van der Waals surface area contributed by atoms with Gasteiger partial charge in [-0.15, -0.1) is 11.3 Å². The summed E-state index contributed by atoms with van der Waals surface area (Å²) in [7, 11) is 0. The molecule has 12 heteroatoms. The number of hydrogen-bond acceptors (Lipinski definition) is 8. The van der Waals surface area contributed by atoms with Crippen LogP contribution in [0.15, 0.2) is 12.3 Å². The Labute approximate surface area is 217 Å². The fourth-order valence-corrected chi connectivity index (χ4v) is 6.08. The molecule has 3 N–H and O–H groups in total. The summed E-state index contributed by atoms with van der Waals surface area (Å²) in [5.41, 5.74) is -1.36. The van der Waals surface area contributed by atoms with Crippen LogP contribution >= 0.6 is 11.3 Å². The highest BCUT2D eigenvalue weighted by atomic mass is 32.1. The molecule has 5 rings (SSSR count). The van der Waals surface area contributed by atoms with Gasteiger partial charge in [0.2, 0.25) is 0 Å². The van der Waals surface area contributed by atoms with Gasteiger partial charge in [-0.05, 0) is 38.7 Å². The Bertz CT molecular complexity index is 1170. The van der Waals surface area contributed by atoms with Gasteiger partial charge >= 0.3 is 0 Å². The zero-order valence-corrected chi connectivity index (χ0v) is 21.5. The molecule has 1 aliphatic carbocycles. The lowest BCUT2D eigenvalue weighted by molar-refractivity contribution is -0.173. The molecule has 37 heavy (non-hydrogen) atoms. The number of amides is 2. The van der Waals surface area contributed by atoms with Crippen molar-refractivity contribution in [2.45, 2.75) is 69.6 Å². The third-order valence-electron chi connectivity index (χ3n) is 7.28. The van der Waals surface area contributed by atoms with Crippen LogP contribution < -0.4 is 10.6 Å². The van der Waals surface area contributed by atoms with Gasteiger partial charge in [-0.3, -0.25) is 9.59 Å². The monoisotopic (exact) mass is 535 g/mol. The fraction of sp³-hybridized carbons (Fsp3) is 0.600. The summed E-state index contributed by atoms with van der Waals surface area (Å²) in [5, 5.41) is 16.0. The van der Waals surface area contributed by atoms with Crippen molar-refractivity contribution in [1.82, 2.24) is 20.2 Å². The van der Waals surface area contributed by atoms with E-state index >= 15 is 0 Å². The molecular formula is C25H31F2N5O4S. The Morgan fingerprint density at radius 2 is 2.03 bits per heavy atom. The van der Waals surface area contributed by atoms with E-state index in [1.165, 1.54) is 12.3 Å². The Morgan fingerprint density at radius 3 is 2.65 bits per heavy atom. The maximum atomic E-state index is 14.3. The molecule has 1 unspecified atom stereocenters. The van der Waals surface area contributed by atoms with Crippen LogP contribution in [0.25, 0.3) is 10.4 Å². The average molecular weight is 536 g/mol. The van der Waals surface area contributed by atoms with Crippen molar-refractivity contribution in [3.05, 3.63) is 28.5 Å². The number of aliphatic hydroxyl groups is 1. The van der Waals surface area contributed by atoms with Crippen LogP contribution in [0.5, 0.6) is 0 Å². The molecule has 3 aliphatic rings. The maximum Gasteiger partial charge on any atom is 0.280 e. The van der Waals surface area contributed by atoms with Crippen LogP contribution in [-0.2, 0) is 4.74 Å². The molecule has 3 fully saturated rings. The zero-order valence-electron chi connectivity index (χ0n) is 20.6. The molecule has 1 atom stereocenters. The summed E-state index contributed by atoms with van der Waals surface area (Å²) in [6.45, 7) is 2.64. The van der Waals surface area contributed by atoms with Crippen molar-refractivity contribution < 1.29 is 28.2 Å².